The van der Waals surface area contributed by atoms with Gasteiger partial charge in [-0.15, -0.1) is 11.3 Å². The largest absolute Gasteiger partial charge is 0.356 e. The molecule has 0 bridgehead atoms. The Bertz CT molecular complexity index is 1010. The molecule has 1 aliphatic carbocycles. The monoisotopic (exact) mass is 447 g/mol. The highest BCUT2D eigenvalue weighted by atomic mass is 35.5. The SMILES string of the molecule is CC(=O)NCCSC[C@H]1c2ccccc2C[C@H]1NC(=O)c1cc2cc(Cl)sc2[nH]1. The third-order valence-electron chi connectivity index (χ3n) is 5.14. The van der Waals surface area contributed by atoms with E-state index < -0.39 is 0 Å². The summed E-state index contributed by atoms with van der Waals surface area (Å²) in [7, 11) is 0. The molecule has 2 aromatic heterocycles. The minimum absolute atomic E-state index is 0.00547. The molecule has 0 saturated carbocycles. The highest BCUT2D eigenvalue weighted by molar-refractivity contribution is 7.99. The van der Waals surface area contributed by atoms with E-state index in [1.165, 1.54) is 29.4 Å². The first-order chi connectivity index (χ1) is 14.0. The van der Waals surface area contributed by atoms with E-state index >= 15 is 0 Å². The summed E-state index contributed by atoms with van der Waals surface area (Å²) in [6.45, 7) is 2.19. The molecule has 4 rings (SSSR count). The number of aromatic nitrogens is 1. The number of thioether (sulfide) groups is 1. The van der Waals surface area contributed by atoms with E-state index in [9.17, 15) is 9.59 Å². The average Bonchev–Trinajstić information content (AvgIpc) is 3.32. The van der Waals surface area contributed by atoms with Gasteiger partial charge >= 0.3 is 0 Å². The lowest BCUT2D eigenvalue weighted by molar-refractivity contribution is -0.118. The minimum Gasteiger partial charge on any atom is -0.356 e. The van der Waals surface area contributed by atoms with Crippen molar-refractivity contribution in [3.63, 3.8) is 0 Å². The molecule has 152 valence electrons. The maximum Gasteiger partial charge on any atom is 0.268 e. The number of hydrogen-bond donors (Lipinski definition) is 3. The van der Waals surface area contributed by atoms with Crippen molar-refractivity contribution in [2.45, 2.75) is 25.3 Å². The van der Waals surface area contributed by atoms with Crippen molar-refractivity contribution in [2.75, 3.05) is 18.1 Å². The van der Waals surface area contributed by atoms with Gasteiger partial charge in [0.15, 0.2) is 0 Å². The zero-order valence-corrected chi connectivity index (χ0v) is 18.3. The summed E-state index contributed by atoms with van der Waals surface area (Å²) in [6, 6.07) is 12.2. The second kappa shape index (κ2) is 8.81. The van der Waals surface area contributed by atoms with Crippen LogP contribution in [0.15, 0.2) is 36.4 Å². The van der Waals surface area contributed by atoms with Crippen LogP contribution >= 0.6 is 34.7 Å². The van der Waals surface area contributed by atoms with E-state index in [2.05, 4.69) is 33.8 Å². The van der Waals surface area contributed by atoms with Crippen LogP contribution in [-0.4, -0.2) is 40.9 Å². The third kappa shape index (κ3) is 4.63. The number of thiophene rings is 1. The van der Waals surface area contributed by atoms with Crippen molar-refractivity contribution in [1.29, 1.82) is 0 Å². The first-order valence-corrected chi connectivity index (χ1v) is 11.8. The summed E-state index contributed by atoms with van der Waals surface area (Å²) < 4.78 is 0.709. The minimum atomic E-state index is -0.0874. The number of carbonyl (C=O) groups is 2. The summed E-state index contributed by atoms with van der Waals surface area (Å²) in [4.78, 5) is 28.0. The molecule has 0 aliphatic heterocycles. The van der Waals surface area contributed by atoms with Crippen LogP contribution in [0.25, 0.3) is 10.2 Å². The molecule has 3 aromatic rings. The third-order valence-corrected chi connectivity index (χ3v) is 7.42. The van der Waals surface area contributed by atoms with Crippen molar-refractivity contribution in [3.8, 4) is 0 Å². The Labute approximate surface area is 182 Å². The number of aromatic amines is 1. The van der Waals surface area contributed by atoms with Crippen molar-refractivity contribution in [3.05, 3.63) is 57.6 Å². The van der Waals surface area contributed by atoms with E-state index in [1.54, 1.807) is 11.8 Å². The summed E-state index contributed by atoms with van der Waals surface area (Å²) in [5.41, 5.74) is 3.17. The van der Waals surface area contributed by atoms with Gasteiger partial charge in [0.2, 0.25) is 5.91 Å². The van der Waals surface area contributed by atoms with Crippen LogP contribution in [-0.2, 0) is 11.2 Å². The predicted octanol–water partition coefficient (Wildman–Crippen LogP) is 4.19. The fourth-order valence-corrected chi connectivity index (χ4v) is 6.01. The Morgan fingerprint density at radius 1 is 1.31 bits per heavy atom. The lowest BCUT2D eigenvalue weighted by atomic mass is 10.0. The van der Waals surface area contributed by atoms with E-state index in [0.29, 0.717) is 16.6 Å². The molecule has 0 saturated heterocycles. The van der Waals surface area contributed by atoms with E-state index in [-0.39, 0.29) is 23.8 Å². The van der Waals surface area contributed by atoms with Crippen LogP contribution in [0.1, 0.15) is 34.5 Å². The molecule has 5 nitrogen and oxygen atoms in total. The van der Waals surface area contributed by atoms with Gasteiger partial charge in [-0.3, -0.25) is 9.59 Å². The maximum absolute atomic E-state index is 12.9. The zero-order chi connectivity index (χ0) is 20.4. The van der Waals surface area contributed by atoms with Crippen LogP contribution < -0.4 is 10.6 Å². The number of halogens is 1. The smallest absolute Gasteiger partial charge is 0.268 e. The second-order valence-electron chi connectivity index (χ2n) is 7.17. The summed E-state index contributed by atoms with van der Waals surface area (Å²) in [5.74, 6) is 1.91. The molecular weight excluding hydrogens is 426 g/mol. The molecule has 0 radical (unpaired) electrons. The van der Waals surface area contributed by atoms with Gasteiger partial charge in [-0.05, 0) is 29.7 Å². The number of H-pyrrole nitrogens is 1. The van der Waals surface area contributed by atoms with E-state index in [1.807, 2.05) is 18.2 Å². The number of rotatable bonds is 7. The topological polar surface area (TPSA) is 74.0 Å². The molecule has 3 N–H and O–H groups in total. The van der Waals surface area contributed by atoms with Gasteiger partial charge in [0.25, 0.3) is 5.91 Å². The van der Waals surface area contributed by atoms with Crippen molar-refractivity contribution < 1.29 is 9.59 Å². The van der Waals surface area contributed by atoms with Gasteiger partial charge in [-0.2, -0.15) is 11.8 Å². The molecule has 2 heterocycles. The van der Waals surface area contributed by atoms with Gasteiger partial charge in [0.05, 0.1) is 4.34 Å². The van der Waals surface area contributed by atoms with E-state index in [4.69, 9.17) is 11.6 Å². The summed E-state index contributed by atoms with van der Waals surface area (Å²) in [6.07, 6.45) is 0.833. The number of nitrogens with one attached hydrogen (secondary N) is 3. The molecule has 0 fully saturated rings. The molecule has 1 aromatic carbocycles. The number of fused-ring (bicyclic) bond motifs is 2. The van der Waals surface area contributed by atoms with Crippen LogP contribution in [0.4, 0.5) is 0 Å². The molecule has 0 spiro atoms. The maximum atomic E-state index is 12.9. The Morgan fingerprint density at radius 2 is 2.14 bits per heavy atom. The first kappa shape index (κ1) is 20.3. The highest BCUT2D eigenvalue weighted by Crippen LogP contribution is 2.36. The zero-order valence-electron chi connectivity index (χ0n) is 16.0. The van der Waals surface area contributed by atoms with Crippen molar-refractivity contribution in [2.24, 2.45) is 0 Å². The fourth-order valence-electron chi connectivity index (χ4n) is 3.81. The lowest BCUT2D eigenvalue weighted by Gasteiger charge is -2.21. The summed E-state index contributed by atoms with van der Waals surface area (Å²) >= 11 is 9.27. The summed E-state index contributed by atoms with van der Waals surface area (Å²) in [5, 5.41) is 7.02. The fraction of sp³-hybridized carbons (Fsp3) is 0.333. The van der Waals surface area contributed by atoms with Gasteiger partial charge in [0.1, 0.15) is 10.5 Å². The Hall–Kier alpha value is -1.96. The Morgan fingerprint density at radius 3 is 2.93 bits per heavy atom. The van der Waals surface area contributed by atoms with Gasteiger partial charge < -0.3 is 15.6 Å². The average molecular weight is 448 g/mol. The van der Waals surface area contributed by atoms with Gasteiger partial charge in [0, 0.05) is 42.3 Å². The standard InChI is InChI=1S/C21H22ClN3O2S2/c1-12(26)23-6-7-28-11-16-15-5-3-2-4-13(15)8-17(16)24-20(27)18-9-14-10-19(22)29-21(14)25-18/h2-5,9-10,16-17,25H,6-8,11H2,1H3,(H,23,26)(H,24,27)/t16-,17+/m0/s1. The molecule has 2 amide bonds. The number of carbonyl (C=O) groups excluding carboxylic acids is 2. The van der Waals surface area contributed by atoms with Crippen LogP contribution in [0.3, 0.4) is 0 Å². The Kier molecular flexibility index (Phi) is 6.18. The highest BCUT2D eigenvalue weighted by Gasteiger charge is 2.33. The van der Waals surface area contributed by atoms with E-state index in [0.717, 1.165) is 28.1 Å². The lowest BCUT2D eigenvalue weighted by Crippen LogP contribution is -2.38. The van der Waals surface area contributed by atoms with Crippen molar-refractivity contribution >= 4 is 56.7 Å². The second-order valence-corrected chi connectivity index (χ2v) is 10.00. The molecular formula is C21H22ClN3O2S2. The molecule has 1 aliphatic rings. The van der Waals surface area contributed by atoms with Gasteiger partial charge in [-0.25, -0.2) is 0 Å². The molecule has 0 unspecified atom stereocenters. The normalized spacial score (nSPS) is 18.0. The predicted molar refractivity (Wildman–Crippen MR) is 121 cm³/mol. The number of amides is 2. The van der Waals surface area contributed by atoms with Gasteiger partial charge in [-0.1, -0.05) is 35.9 Å². The van der Waals surface area contributed by atoms with Crippen molar-refractivity contribution in [1.82, 2.24) is 15.6 Å². The molecule has 2 atom stereocenters. The molecule has 29 heavy (non-hydrogen) atoms. The number of benzene rings is 1. The molecule has 8 heteroatoms. The first-order valence-electron chi connectivity index (χ1n) is 9.50. The van der Waals surface area contributed by atoms with Crippen LogP contribution in [0.5, 0.6) is 0 Å². The van der Waals surface area contributed by atoms with Crippen LogP contribution in [0.2, 0.25) is 4.34 Å². The quantitative estimate of drug-likeness (QED) is 0.475. The van der Waals surface area contributed by atoms with Crippen LogP contribution in [0, 0.1) is 0 Å². The number of hydrogen-bond acceptors (Lipinski definition) is 4. The Balaban J connectivity index is 1.43.